The Kier molecular flexibility index (Phi) is 4.98. The Morgan fingerprint density at radius 1 is 1.07 bits per heavy atom. The largest absolute Gasteiger partial charge is 0.471 e. The van der Waals surface area contributed by atoms with Gasteiger partial charge in [-0.2, -0.15) is 18.2 Å². The fourth-order valence-corrected chi connectivity index (χ4v) is 2.96. The van der Waals surface area contributed by atoms with Gasteiger partial charge in [-0.15, -0.1) is 0 Å². The lowest BCUT2D eigenvalue weighted by Gasteiger charge is -2.35. The van der Waals surface area contributed by atoms with Crippen molar-refractivity contribution in [2.75, 3.05) is 31.1 Å². The normalized spacial score (nSPS) is 14.8. The second-order valence-corrected chi connectivity index (χ2v) is 6.45. The molecule has 1 aliphatic rings. The molecule has 1 amide bonds. The molecule has 0 spiro atoms. The molecule has 1 aliphatic heterocycles. The smallest absolute Gasteiger partial charge is 0.430 e. The third kappa shape index (κ3) is 4.02. The molecular weight excluding hydrogens is 407 g/mol. The minimum atomic E-state index is -4.71. The van der Waals surface area contributed by atoms with E-state index < -0.39 is 17.7 Å². The molecule has 0 bridgehead atoms. The predicted octanol–water partition coefficient (Wildman–Crippen LogP) is 2.07. The van der Waals surface area contributed by atoms with Crippen molar-refractivity contribution in [2.24, 2.45) is 0 Å². The van der Waals surface area contributed by atoms with Crippen molar-refractivity contribution in [3.05, 3.63) is 58.6 Å². The van der Waals surface area contributed by atoms with Crippen LogP contribution in [0.5, 0.6) is 0 Å². The molecule has 0 aromatic carbocycles. The van der Waals surface area contributed by atoms with E-state index >= 15 is 0 Å². The van der Waals surface area contributed by atoms with Gasteiger partial charge in [0.15, 0.2) is 0 Å². The van der Waals surface area contributed by atoms with Gasteiger partial charge in [-0.05, 0) is 18.2 Å². The highest BCUT2D eigenvalue weighted by Crippen LogP contribution is 2.29. The number of rotatable bonds is 3. The molecule has 1 fully saturated rings. The van der Waals surface area contributed by atoms with E-state index in [1.165, 1.54) is 18.3 Å². The van der Waals surface area contributed by atoms with E-state index in [-0.39, 0.29) is 17.3 Å². The maximum atomic E-state index is 12.6. The third-order valence-corrected chi connectivity index (χ3v) is 4.51. The second-order valence-electron chi connectivity index (χ2n) is 6.45. The summed E-state index contributed by atoms with van der Waals surface area (Å²) in [4.78, 5) is 34.6. The molecule has 0 N–H and O–H groups in total. The first kappa shape index (κ1) is 19.6. The van der Waals surface area contributed by atoms with Crippen LogP contribution >= 0.6 is 0 Å². The minimum absolute atomic E-state index is 0.202. The summed E-state index contributed by atoms with van der Waals surface area (Å²) in [6.07, 6.45) is -2.20. The standard InChI is InChI=1S/C18H14F3N5O4/c19-18(20,21)17-23-15(24-30-17)11-1-3-13(22-9-11)25-5-7-26(8-6-25)16(28)12-2-4-14(27)29-10-12/h1-4,9-10H,5-8H2. The molecule has 4 heterocycles. The van der Waals surface area contributed by atoms with Crippen LogP contribution in [0.4, 0.5) is 19.0 Å². The van der Waals surface area contributed by atoms with Gasteiger partial charge in [-0.3, -0.25) is 4.79 Å². The van der Waals surface area contributed by atoms with Crippen LogP contribution < -0.4 is 10.5 Å². The zero-order chi connectivity index (χ0) is 21.3. The van der Waals surface area contributed by atoms with Crippen LogP contribution in [-0.4, -0.2) is 52.1 Å². The van der Waals surface area contributed by atoms with Crippen molar-refractivity contribution in [1.29, 1.82) is 0 Å². The summed E-state index contributed by atoms with van der Waals surface area (Å²) < 4.78 is 46.7. The summed E-state index contributed by atoms with van der Waals surface area (Å²) in [6.45, 7) is 1.88. The predicted molar refractivity (Wildman–Crippen MR) is 95.6 cm³/mol. The van der Waals surface area contributed by atoms with Gasteiger partial charge in [-0.25, -0.2) is 9.78 Å². The first-order chi connectivity index (χ1) is 14.3. The topological polar surface area (TPSA) is 106 Å². The average Bonchev–Trinajstić information content (AvgIpc) is 3.25. The fraction of sp³-hybridized carbons (Fsp3) is 0.278. The number of carbonyl (C=O) groups excluding carboxylic acids is 1. The maximum absolute atomic E-state index is 12.6. The van der Waals surface area contributed by atoms with Gasteiger partial charge in [0.1, 0.15) is 12.1 Å². The van der Waals surface area contributed by atoms with Crippen molar-refractivity contribution < 1.29 is 26.9 Å². The van der Waals surface area contributed by atoms with Crippen molar-refractivity contribution in [3.8, 4) is 11.4 Å². The van der Waals surface area contributed by atoms with Gasteiger partial charge in [-0.1, -0.05) is 5.16 Å². The first-order valence-electron chi connectivity index (χ1n) is 8.82. The van der Waals surface area contributed by atoms with Gasteiger partial charge in [0, 0.05) is 44.0 Å². The van der Waals surface area contributed by atoms with Crippen LogP contribution in [0.2, 0.25) is 0 Å². The Morgan fingerprint density at radius 2 is 1.83 bits per heavy atom. The highest BCUT2D eigenvalue weighted by molar-refractivity contribution is 5.93. The number of nitrogens with zero attached hydrogens (tertiary/aromatic N) is 5. The number of hydrogen-bond acceptors (Lipinski definition) is 8. The zero-order valence-corrected chi connectivity index (χ0v) is 15.3. The molecule has 156 valence electrons. The average molecular weight is 421 g/mol. The molecule has 3 aromatic heterocycles. The molecule has 9 nitrogen and oxygen atoms in total. The molecule has 0 radical (unpaired) electrons. The molecule has 30 heavy (non-hydrogen) atoms. The van der Waals surface area contributed by atoms with Crippen LogP contribution in [0.25, 0.3) is 11.4 Å². The number of hydrogen-bond donors (Lipinski definition) is 0. The summed E-state index contributed by atoms with van der Waals surface area (Å²) in [7, 11) is 0. The lowest BCUT2D eigenvalue weighted by atomic mass is 10.2. The summed E-state index contributed by atoms with van der Waals surface area (Å²) >= 11 is 0. The van der Waals surface area contributed by atoms with Crippen molar-refractivity contribution in [3.63, 3.8) is 0 Å². The van der Waals surface area contributed by atoms with Crippen LogP contribution in [0.3, 0.4) is 0 Å². The number of aromatic nitrogens is 3. The number of pyridine rings is 1. The molecular formula is C18H14F3N5O4. The lowest BCUT2D eigenvalue weighted by Crippen LogP contribution is -2.49. The van der Waals surface area contributed by atoms with Crippen molar-refractivity contribution >= 4 is 11.7 Å². The molecule has 4 rings (SSSR count). The Morgan fingerprint density at radius 3 is 2.40 bits per heavy atom. The first-order valence-corrected chi connectivity index (χ1v) is 8.82. The molecule has 0 atom stereocenters. The Bertz CT molecular complexity index is 1080. The van der Waals surface area contributed by atoms with E-state index in [1.807, 2.05) is 4.90 Å². The number of alkyl halides is 3. The molecule has 1 saturated heterocycles. The van der Waals surface area contributed by atoms with Crippen molar-refractivity contribution in [1.82, 2.24) is 20.0 Å². The Hall–Kier alpha value is -3.70. The Balaban J connectivity index is 1.39. The summed E-state index contributed by atoms with van der Waals surface area (Å²) in [6, 6.07) is 5.80. The van der Waals surface area contributed by atoms with Crippen LogP contribution in [0.15, 0.2) is 50.5 Å². The summed E-state index contributed by atoms with van der Waals surface area (Å²) in [5.74, 6) is -1.25. The van der Waals surface area contributed by atoms with Gasteiger partial charge < -0.3 is 18.7 Å². The SMILES string of the molecule is O=C(c1ccc(=O)oc1)N1CCN(c2ccc(-c3noc(C(F)(F)F)n3)cn2)CC1. The van der Waals surface area contributed by atoms with E-state index in [0.29, 0.717) is 37.6 Å². The zero-order valence-electron chi connectivity index (χ0n) is 15.3. The molecule has 12 heteroatoms. The van der Waals surface area contributed by atoms with E-state index in [2.05, 4.69) is 19.6 Å². The number of carbonyl (C=O) groups is 1. The molecule has 0 unspecified atom stereocenters. The highest BCUT2D eigenvalue weighted by Gasteiger charge is 2.38. The Labute approximate surface area is 166 Å². The van der Waals surface area contributed by atoms with E-state index in [1.54, 1.807) is 17.0 Å². The van der Waals surface area contributed by atoms with Gasteiger partial charge in [0.2, 0.25) is 5.82 Å². The number of anilines is 1. The lowest BCUT2D eigenvalue weighted by molar-refractivity contribution is -0.159. The molecule has 3 aromatic rings. The second kappa shape index (κ2) is 7.61. The van der Waals surface area contributed by atoms with Gasteiger partial charge in [0.25, 0.3) is 5.91 Å². The van der Waals surface area contributed by atoms with E-state index in [9.17, 15) is 22.8 Å². The van der Waals surface area contributed by atoms with Crippen LogP contribution in [0, 0.1) is 0 Å². The maximum Gasteiger partial charge on any atom is 0.471 e. The summed E-state index contributed by atoms with van der Waals surface area (Å²) in [5.41, 5.74) is 0.0580. The number of amides is 1. The van der Waals surface area contributed by atoms with Crippen molar-refractivity contribution in [2.45, 2.75) is 6.18 Å². The number of piperazine rings is 1. The quantitative estimate of drug-likeness (QED) is 0.633. The monoisotopic (exact) mass is 421 g/mol. The van der Waals surface area contributed by atoms with Gasteiger partial charge >= 0.3 is 17.7 Å². The molecule has 0 aliphatic carbocycles. The fourth-order valence-electron chi connectivity index (χ4n) is 2.96. The highest BCUT2D eigenvalue weighted by atomic mass is 19.4. The van der Waals surface area contributed by atoms with E-state index in [0.717, 1.165) is 6.26 Å². The third-order valence-electron chi connectivity index (χ3n) is 4.51. The summed E-state index contributed by atoms with van der Waals surface area (Å²) in [5, 5.41) is 3.33. The van der Waals surface area contributed by atoms with E-state index in [4.69, 9.17) is 4.42 Å². The minimum Gasteiger partial charge on any atom is -0.430 e. The number of halogens is 3. The van der Waals surface area contributed by atoms with Gasteiger partial charge in [0.05, 0.1) is 5.56 Å². The molecule has 0 saturated carbocycles. The van der Waals surface area contributed by atoms with Crippen LogP contribution in [0.1, 0.15) is 16.2 Å². The van der Waals surface area contributed by atoms with Crippen LogP contribution in [-0.2, 0) is 6.18 Å².